The van der Waals surface area contributed by atoms with E-state index in [4.69, 9.17) is 0 Å². The van der Waals surface area contributed by atoms with Gasteiger partial charge in [0.2, 0.25) is 17.1 Å². The van der Waals surface area contributed by atoms with E-state index in [-0.39, 0.29) is 0 Å². The first kappa shape index (κ1) is 15.5. The Hall–Kier alpha value is -1.90. The van der Waals surface area contributed by atoms with Crippen molar-refractivity contribution in [3.8, 4) is 0 Å². The molecule has 0 amide bonds. The molecule has 0 aliphatic carbocycles. The smallest absolute Gasteiger partial charge is 0.231 e. The van der Waals surface area contributed by atoms with Gasteiger partial charge in [0, 0.05) is 26.7 Å². The molecule has 1 N–H and O–H groups in total. The molecule has 2 heterocycles. The number of hydrogen-bond acceptors (Lipinski definition) is 8. The van der Waals surface area contributed by atoms with Gasteiger partial charge in [-0.3, -0.25) is 0 Å². The largest absolute Gasteiger partial charge is 0.354 e. The van der Waals surface area contributed by atoms with Gasteiger partial charge < -0.3 is 14.8 Å². The van der Waals surface area contributed by atoms with Crippen LogP contribution in [0.2, 0.25) is 0 Å². The first-order chi connectivity index (χ1) is 10.2. The second-order valence-electron chi connectivity index (χ2n) is 4.27. The van der Waals surface area contributed by atoms with Crippen LogP contribution in [0.3, 0.4) is 0 Å². The Balaban J connectivity index is 2.33. The Morgan fingerprint density at radius 2 is 1.95 bits per heavy atom. The van der Waals surface area contributed by atoms with Gasteiger partial charge in [-0.15, -0.1) is 10.2 Å². The summed E-state index contributed by atoms with van der Waals surface area (Å²) in [7, 11) is 1.89. The minimum Gasteiger partial charge on any atom is -0.354 e. The van der Waals surface area contributed by atoms with Gasteiger partial charge in [0.05, 0.1) is 0 Å². The molecule has 9 heteroatoms. The summed E-state index contributed by atoms with van der Waals surface area (Å²) in [4.78, 5) is 15.5. The van der Waals surface area contributed by atoms with Crippen LogP contribution in [0.15, 0.2) is 16.6 Å². The van der Waals surface area contributed by atoms with Crippen molar-refractivity contribution in [3.63, 3.8) is 0 Å². The van der Waals surface area contributed by atoms with E-state index in [2.05, 4.69) is 49.2 Å². The molecule has 0 atom stereocenters. The maximum atomic E-state index is 4.52. The van der Waals surface area contributed by atoms with Gasteiger partial charge in [-0.2, -0.15) is 15.0 Å². The number of aromatic nitrogens is 6. The Bertz CT molecular complexity index is 580. The Labute approximate surface area is 128 Å². The third kappa shape index (κ3) is 3.81. The molecule has 0 aliphatic rings. The zero-order valence-corrected chi connectivity index (χ0v) is 13.6. The summed E-state index contributed by atoms with van der Waals surface area (Å²) in [6.45, 7) is 8.62. The van der Waals surface area contributed by atoms with Gasteiger partial charge >= 0.3 is 0 Å². The molecular formula is C12H20N8S. The van der Waals surface area contributed by atoms with Crippen molar-refractivity contribution in [1.29, 1.82) is 0 Å². The van der Waals surface area contributed by atoms with E-state index in [1.165, 1.54) is 11.8 Å². The van der Waals surface area contributed by atoms with Crippen LogP contribution in [0.25, 0.3) is 0 Å². The van der Waals surface area contributed by atoms with Gasteiger partial charge in [0.25, 0.3) is 0 Å². The van der Waals surface area contributed by atoms with E-state index in [0.717, 1.165) is 24.8 Å². The highest BCUT2D eigenvalue weighted by molar-refractivity contribution is 7.99. The van der Waals surface area contributed by atoms with Crippen molar-refractivity contribution in [1.82, 2.24) is 29.7 Å². The van der Waals surface area contributed by atoms with Gasteiger partial charge in [-0.25, -0.2) is 0 Å². The predicted molar refractivity (Wildman–Crippen MR) is 82.7 cm³/mol. The Kier molecular flexibility index (Phi) is 5.32. The second kappa shape index (κ2) is 7.21. The van der Waals surface area contributed by atoms with E-state index >= 15 is 0 Å². The lowest BCUT2D eigenvalue weighted by Gasteiger charge is -2.19. The van der Waals surface area contributed by atoms with Crippen molar-refractivity contribution < 1.29 is 0 Å². The lowest BCUT2D eigenvalue weighted by Crippen LogP contribution is -2.25. The van der Waals surface area contributed by atoms with Crippen LogP contribution in [0.4, 0.5) is 11.9 Å². The lowest BCUT2D eigenvalue weighted by molar-refractivity contribution is 0.767. The molecule has 0 saturated heterocycles. The van der Waals surface area contributed by atoms with E-state index in [9.17, 15) is 0 Å². The maximum Gasteiger partial charge on any atom is 0.231 e. The van der Waals surface area contributed by atoms with Crippen molar-refractivity contribution >= 4 is 23.7 Å². The first-order valence-electron chi connectivity index (χ1n) is 6.94. The van der Waals surface area contributed by atoms with Crippen LogP contribution >= 0.6 is 11.8 Å². The van der Waals surface area contributed by atoms with Crippen molar-refractivity contribution in [2.24, 2.45) is 7.05 Å². The van der Waals surface area contributed by atoms with Crippen LogP contribution in [-0.4, -0.2) is 49.4 Å². The van der Waals surface area contributed by atoms with E-state index in [1.54, 1.807) is 6.33 Å². The highest BCUT2D eigenvalue weighted by Crippen LogP contribution is 2.24. The number of nitrogens with zero attached hydrogens (tertiary/aromatic N) is 7. The van der Waals surface area contributed by atoms with E-state index < -0.39 is 0 Å². The number of anilines is 2. The topological polar surface area (TPSA) is 84.7 Å². The van der Waals surface area contributed by atoms with Gasteiger partial charge in [-0.1, -0.05) is 0 Å². The monoisotopic (exact) mass is 308 g/mol. The van der Waals surface area contributed by atoms with Crippen LogP contribution in [-0.2, 0) is 7.05 Å². The highest BCUT2D eigenvalue weighted by atomic mass is 32.2. The molecule has 8 nitrogen and oxygen atoms in total. The van der Waals surface area contributed by atoms with Crippen molar-refractivity contribution in [2.45, 2.75) is 31.1 Å². The first-order valence-corrected chi connectivity index (χ1v) is 7.76. The fourth-order valence-corrected chi connectivity index (χ4v) is 2.43. The summed E-state index contributed by atoms with van der Waals surface area (Å²) in [5, 5.41) is 12.4. The molecule has 2 rings (SSSR count). The number of rotatable bonds is 7. The number of aryl methyl sites for hydroxylation is 1. The van der Waals surface area contributed by atoms with E-state index in [1.807, 2.05) is 18.5 Å². The minimum atomic E-state index is 0.582. The molecular weight excluding hydrogens is 288 g/mol. The van der Waals surface area contributed by atoms with Gasteiger partial charge in [0.15, 0.2) is 5.16 Å². The standard InChI is InChI=1S/C12H20N8S/c1-5-13-9-15-10(20(6-2)7-3)17-11(16-9)21-12-18-14-8-19(12)4/h8H,5-7H2,1-4H3,(H,13,15,16,17). The summed E-state index contributed by atoms with van der Waals surface area (Å²) in [5.41, 5.74) is 0. The highest BCUT2D eigenvalue weighted by Gasteiger charge is 2.13. The molecule has 0 unspecified atom stereocenters. The summed E-state index contributed by atoms with van der Waals surface area (Å²) in [6, 6.07) is 0. The molecule has 0 spiro atoms. The third-order valence-corrected chi connectivity index (χ3v) is 3.75. The second-order valence-corrected chi connectivity index (χ2v) is 5.21. The maximum absolute atomic E-state index is 4.52. The molecule has 2 aromatic heterocycles. The lowest BCUT2D eigenvalue weighted by atomic mass is 10.5. The predicted octanol–water partition coefficient (Wildman–Crippen LogP) is 1.43. The fraction of sp³-hybridized carbons (Fsp3) is 0.583. The molecule has 21 heavy (non-hydrogen) atoms. The van der Waals surface area contributed by atoms with Crippen LogP contribution in [0.1, 0.15) is 20.8 Å². The molecule has 0 aromatic carbocycles. The van der Waals surface area contributed by atoms with Gasteiger partial charge in [0.1, 0.15) is 6.33 Å². The summed E-state index contributed by atoms with van der Waals surface area (Å²) < 4.78 is 1.83. The fourth-order valence-electron chi connectivity index (χ4n) is 1.72. The average Bonchev–Trinajstić information content (AvgIpc) is 2.86. The zero-order valence-electron chi connectivity index (χ0n) is 12.7. The van der Waals surface area contributed by atoms with Gasteiger partial charge in [-0.05, 0) is 32.5 Å². The van der Waals surface area contributed by atoms with Crippen LogP contribution < -0.4 is 10.2 Å². The summed E-state index contributed by atoms with van der Waals surface area (Å²) in [5.74, 6) is 1.26. The minimum absolute atomic E-state index is 0.582. The Morgan fingerprint density at radius 1 is 1.19 bits per heavy atom. The molecule has 114 valence electrons. The quantitative estimate of drug-likeness (QED) is 0.822. The molecule has 0 aliphatic heterocycles. The van der Waals surface area contributed by atoms with Crippen molar-refractivity contribution in [2.75, 3.05) is 29.9 Å². The molecule has 0 radical (unpaired) electrons. The van der Waals surface area contributed by atoms with E-state index in [0.29, 0.717) is 17.1 Å². The van der Waals surface area contributed by atoms with Crippen molar-refractivity contribution in [3.05, 3.63) is 6.33 Å². The van der Waals surface area contributed by atoms with Crippen LogP contribution in [0.5, 0.6) is 0 Å². The summed E-state index contributed by atoms with van der Waals surface area (Å²) in [6.07, 6.45) is 1.65. The number of hydrogen-bond donors (Lipinski definition) is 1. The normalized spacial score (nSPS) is 10.7. The molecule has 0 fully saturated rings. The van der Waals surface area contributed by atoms with Crippen LogP contribution in [0, 0.1) is 0 Å². The Morgan fingerprint density at radius 3 is 2.52 bits per heavy atom. The zero-order chi connectivity index (χ0) is 15.2. The molecule has 2 aromatic rings. The SMILES string of the molecule is CCNc1nc(Sc2nncn2C)nc(N(CC)CC)n1. The molecule has 0 bridgehead atoms. The number of nitrogens with one attached hydrogen (secondary N) is 1. The third-order valence-electron chi connectivity index (χ3n) is 2.84. The molecule has 0 saturated carbocycles. The summed E-state index contributed by atoms with van der Waals surface area (Å²) >= 11 is 1.37. The average molecular weight is 308 g/mol.